The Balaban J connectivity index is 3.12. The molecule has 0 heterocycles. The Kier molecular flexibility index (Phi) is 3.45. The molecular weight excluding hydrogens is 210 g/mol. The van der Waals surface area contributed by atoms with Crippen molar-refractivity contribution in [2.45, 2.75) is 19.3 Å². The van der Waals surface area contributed by atoms with Gasteiger partial charge in [0.15, 0.2) is 0 Å². The number of aryl methyl sites for hydroxylation is 1. The highest BCUT2D eigenvalue weighted by Crippen LogP contribution is 2.37. The van der Waals surface area contributed by atoms with Crippen molar-refractivity contribution in [1.29, 1.82) is 0 Å². The van der Waals surface area contributed by atoms with Crippen LogP contribution in [0.25, 0.3) is 0 Å². The van der Waals surface area contributed by atoms with Crippen LogP contribution >= 0.6 is 11.6 Å². The topological polar surface area (TPSA) is 20.2 Å². The van der Waals surface area contributed by atoms with E-state index in [9.17, 15) is 8.78 Å². The van der Waals surface area contributed by atoms with Gasteiger partial charge >= 0.3 is 0 Å². The van der Waals surface area contributed by atoms with E-state index in [0.717, 1.165) is 0 Å². The lowest BCUT2D eigenvalue weighted by Gasteiger charge is -2.17. The van der Waals surface area contributed by atoms with Crippen LogP contribution in [0.15, 0.2) is 18.2 Å². The zero-order chi connectivity index (χ0) is 10.8. The van der Waals surface area contributed by atoms with E-state index in [-0.39, 0.29) is 10.6 Å². The Hall–Kier alpha value is -0.670. The van der Waals surface area contributed by atoms with E-state index in [1.165, 1.54) is 12.1 Å². The van der Waals surface area contributed by atoms with Gasteiger partial charge in [0.2, 0.25) is 0 Å². The maximum atomic E-state index is 13.4. The molecule has 0 atom stereocenters. The second-order valence-electron chi connectivity index (χ2n) is 3.11. The fourth-order valence-electron chi connectivity index (χ4n) is 1.20. The second kappa shape index (κ2) is 4.24. The molecule has 78 valence electrons. The third kappa shape index (κ3) is 2.22. The minimum Gasteiger partial charge on any atom is -0.396 e. The van der Waals surface area contributed by atoms with Gasteiger partial charge < -0.3 is 5.11 Å². The minimum absolute atomic E-state index is 0.0750. The number of hydrogen-bond acceptors (Lipinski definition) is 1. The van der Waals surface area contributed by atoms with E-state index in [4.69, 9.17) is 16.7 Å². The molecule has 0 spiro atoms. The van der Waals surface area contributed by atoms with Crippen molar-refractivity contribution in [1.82, 2.24) is 0 Å². The molecule has 0 aliphatic carbocycles. The first-order chi connectivity index (χ1) is 6.49. The first kappa shape index (κ1) is 11.4. The van der Waals surface area contributed by atoms with Crippen molar-refractivity contribution < 1.29 is 13.9 Å². The number of alkyl halides is 2. The van der Waals surface area contributed by atoms with Gasteiger partial charge in [0.25, 0.3) is 5.92 Å². The fourth-order valence-corrected chi connectivity index (χ4v) is 1.47. The van der Waals surface area contributed by atoms with Crippen LogP contribution < -0.4 is 0 Å². The average molecular weight is 221 g/mol. The van der Waals surface area contributed by atoms with Crippen molar-refractivity contribution in [3.05, 3.63) is 34.3 Å². The molecule has 4 heteroatoms. The number of aliphatic hydroxyl groups excluding tert-OH is 1. The third-order valence-electron chi connectivity index (χ3n) is 2.01. The van der Waals surface area contributed by atoms with E-state index >= 15 is 0 Å². The Morgan fingerprint density at radius 3 is 2.64 bits per heavy atom. The normalized spacial score (nSPS) is 11.8. The summed E-state index contributed by atoms with van der Waals surface area (Å²) in [7, 11) is 0. The quantitative estimate of drug-likeness (QED) is 0.830. The monoisotopic (exact) mass is 220 g/mol. The van der Waals surface area contributed by atoms with Crippen LogP contribution in [-0.4, -0.2) is 11.7 Å². The summed E-state index contributed by atoms with van der Waals surface area (Å²) in [4.78, 5) is 0. The largest absolute Gasteiger partial charge is 0.396 e. The molecule has 1 nitrogen and oxygen atoms in total. The van der Waals surface area contributed by atoms with Crippen LogP contribution in [0.2, 0.25) is 5.02 Å². The summed E-state index contributed by atoms with van der Waals surface area (Å²) in [6.07, 6.45) is -0.601. The van der Waals surface area contributed by atoms with Gasteiger partial charge in [0, 0.05) is 18.6 Å². The smallest absolute Gasteiger partial charge is 0.276 e. The number of halogens is 3. The van der Waals surface area contributed by atoms with Gasteiger partial charge in [-0.3, -0.25) is 0 Å². The molecule has 0 saturated carbocycles. The van der Waals surface area contributed by atoms with Crippen molar-refractivity contribution in [2.24, 2.45) is 0 Å². The summed E-state index contributed by atoms with van der Waals surface area (Å²) < 4.78 is 26.7. The molecule has 1 aromatic carbocycles. The van der Waals surface area contributed by atoms with Gasteiger partial charge in [-0.05, 0) is 12.5 Å². The molecule has 0 radical (unpaired) electrons. The fraction of sp³-hybridized carbons (Fsp3) is 0.400. The van der Waals surface area contributed by atoms with Crippen molar-refractivity contribution in [3.8, 4) is 0 Å². The molecule has 14 heavy (non-hydrogen) atoms. The SMILES string of the molecule is Cc1cccc(C(F)(F)CCO)c1Cl. The summed E-state index contributed by atoms with van der Waals surface area (Å²) in [6.45, 7) is 1.11. The lowest BCUT2D eigenvalue weighted by molar-refractivity contribution is -0.0268. The summed E-state index contributed by atoms with van der Waals surface area (Å²) in [5, 5.41) is 8.58. The highest BCUT2D eigenvalue weighted by molar-refractivity contribution is 6.32. The molecule has 0 amide bonds. The Morgan fingerprint density at radius 1 is 1.43 bits per heavy atom. The van der Waals surface area contributed by atoms with Crippen molar-refractivity contribution in [2.75, 3.05) is 6.61 Å². The van der Waals surface area contributed by atoms with Gasteiger partial charge in [-0.1, -0.05) is 29.8 Å². The Bertz CT molecular complexity index is 326. The van der Waals surface area contributed by atoms with Crippen LogP contribution in [0.4, 0.5) is 8.78 Å². The van der Waals surface area contributed by atoms with Gasteiger partial charge in [-0.15, -0.1) is 0 Å². The molecule has 0 aromatic heterocycles. The number of rotatable bonds is 3. The number of hydrogen-bond donors (Lipinski definition) is 1. The summed E-state index contributed by atoms with van der Waals surface area (Å²) in [5.41, 5.74) is 0.398. The van der Waals surface area contributed by atoms with Crippen LogP contribution in [0.1, 0.15) is 17.5 Å². The van der Waals surface area contributed by atoms with E-state index in [1.54, 1.807) is 13.0 Å². The zero-order valence-electron chi connectivity index (χ0n) is 7.73. The molecule has 1 aromatic rings. The predicted molar refractivity (Wildman–Crippen MR) is 51.8 cm³/mol. The maximum absolute atomic E-state index is 13.4. The maximum Gasteiger partial charge on any atom is 0.276 e. The molecule has 0 aliphatic heterocycles. The summed E-state index contributed by atoms with van der Waals surface area (Å²) in [6, 6.07) is 4.48. The number of benzene rings is 1. The van der Waals surface area contributed by atoms with E-state index in [2.05, 4.69) is 0 Å². The Morgan fingerprint density at radius 2 is 2.07 bits per heavy atom. The molecule has 0 bridgehead atoms. The highest BCUT2D eigenvalue weighted by Gasteiger charge is 2.33. The summed E-state index contributed by atoms with van der Waals surface area (Å²) >= 11 is 5.75. The zero-order valence-corrected chi connectivity index (χ0v) is 8.48. The number of aliphatic hydroxyl groups is 1. The predicted octanol–water partition coefficient (Wildman–Crippen LogP) is 3.12. The first-order valence-corrected chi connectivity index (χ1v) is 4.61. The van der Waals surface area contributed by atoms with Crippen molar-refractivity contribution >= 4 is 11.6 Å². The van der Waals surface area contributed by atoms with Gasteiger partial charge in [-0.2, -0.15) is 0 Å². The third-order valence-corrected chi connectivity index (χ3v) is 2.51. The molecular formula is C10H11ClF2O. The molecule has 0 unspecified atom stereocenters. The van der Waals surface area contributed by atoms with E-state index in [0.29, 0.717) is 5.56 Å². The highest BCUT2D eigenvalue weighted by atomic mass is 35.5. The first-order valence-electron chi connectivity index (χ1n) is 4.23. The van der Waals surface area contributed by atoms with Gasteiger partial charge in [0.05, 0.1) is 5.02 Å². The molecule has 0 saturated heterocycles. The second-order valence-corrected chi connectivity index (χ2v) is 3.49. The minimum atomic E-state index is -3.06. The molecule has 0 fully saturated rings. The summed E-state index contributed by atoms with van der Waals surface area (Å²) in [5.74, 6) is -3.06. The van der Waals surface area contributed by atoms with Crippen molar-refractivity contribution in [3.63, 3.8) is 0 Å². The molecule has 1 rings (SSSR count). The lowest BCUT2D eigenvalue weighted by atomic mass is 10.0. The van der Waals surface area contributed by atoms with Gasteiger partial charge in [0.1, 0.15) is 0 Å². The van der Waals surface area contributed by atoms with Crippen LogP contribution in [0.5, 0.6) is 0 Å². The van der Waals surface area contributed by atoms with Gasteiger partial charge in [-0.25, -0.2) is 8.78 Å². The molecule has 1 N–H and O–H groups in total. The average Bonchev–Trinajstić information content (AvgIpc) is 2.09. The lowest BCUT2D eigenvalue weighted by Crippen LogP contribution is -2.16. The molecule has 0 aliphatic rings. The van der Waals surface area contributed by atoms with Crippen LogP contribution in [0, 0.1) is 6.92 Å². The van der Waals surface area contributed by atoms with E-state index in [1.807, 2.05) is 0 Å². The van der Waals surface area contributed by atoms with Crippen LogP contribution in [0.3, 0.4) is 0 Å². The van der Waals surface area contributed by atoms with Crippen LogP contribution in [-0.2, 0) is 5.92 Å². The Labute approximate surface area is 86.3 Å². The standard InChI is InChI=1S/C10H11ClF2O/c1-7-3-2-4-8(9(7)11)10(12,13)5-6-14/h2-4,14H,5-6H2,1H3. The van der Waals surface area contributed by atoms with E-state index < -0.39 is 19.0 Å².